The number of aromatic nitrogens is 3. The Bertz CT molecular complexity index is 759. The van der Waals surface area contributed by atoms with Gasteiger partial charge < -0.3 is 19.0 Å². The number of hydrogen-bond acceptors (Lipinski definition) is 7. The standard InChI is InChI=1S/C18H23N5O3/c1-12-7-22(16-5-3-4-6-19-16)10-15(12)18(24)23-8-14(9-23)25-11-17-21-20-13(2)26-17/h3-6,12,14-15H,7-11H2,1-2H3/t12-,15-/m1/s1. The van der Waals surface area contributed by atoms with Gasteiger partial charge in [-0.05, 0) is 18.1 Å². The van der Waals surface area contributed by atoms with Crippen molar-refractivity contribution >= 4 is 11.7 Å². The lowest BCUT2D eigenvalue weighted by atomic mass is 9.95. The van der Waals surface area contributed by atoms with E-state index in [4.69, 9.17) is 9.15 Å². The van der Waals surface area contributed by atoms with Crippen molar-refractivity contribution in [2.45, 2.75) is 26.6 Å². The molecule has 0 aliphatic carbocycles. The summed E-state index contributed by atoms with van der Waals surface area (Å²) in [7, 11) is 0. The molecule has 138 valence electrons. The number of carbonyl (C=O) groups excluding carboxylic acids is 1. The highest BCUT2D eigenvalue weighted by atomic mass is 16.5. The number of nitrogens with zero attached hydrogens (tertiary/aromatic N) is 5. The van der Waals surface area contributed by atoms with Gasteiger partial charge in [0, 0.05) is 39.3 Å². The van der Waals surface area contributed by atoms with Gasteiger partial charge in [-0.3, -0.25) is 4.79 Å². The monoisotopic (exact) mass is 357 g/mol. The molecule has 2 saturated heterocycles. The molecule has 0 bridgehead atoms. The first-order chi connectivity index (χ1) is 12.6. The average molecular weight is 357 g/mol. The molecule has 2 aromatic rings. The van der Waals surface area contributed by atoms with Gasteiger partial charge >= 0.3 is 0 Å². The Morgan fingerprint density at radius 1 is 1.27 bits per heavy atom. The zero-order valence-electron chi connectivity index (χ0n) is 15.0. The van der Waals surface area contributed by atoms with Gasteiger partial charge in [0.1, 0.15) is 12.4 Å². The zero-order valence-corrected chi connectivity index (χ0v) is 15.0. The fourth-order valence-electron chi connectivity index (χ4n) is 3.56. The van der Waals surface area contributed by atoms with Crippen LogP contribution in [-0.2, 0) is 16.1 Å². The van der Waals surface area contributed by atoms with Crippen LogP contribution in [-0.4, -0.2) is 58.3 Å². The molecule has 2 aliphatic rings. The minimum Gasteiger partial charge on any atom is -0.423 e. The highest BCUT2D eigenvalue weighted by Gasteiger charge is 2.41. The van der Waals surface area contributed by atoms with Crippen molar-refractivity contribution < 1.29 is 13.9 Å². The minimum absolute atomic E-state index is 0.0107. The van der Waals surface area contributed by atoms with Crippen LogP contribution >= 0.6 is 0 Å². The number of pyridine rings is 1. The Kier molecular flexibility index (Phi) is 4.58. The molecule has 26 heavy (non-hydrogen) atoms. The highest BCUT2D eigenvalue weighted by Crippen LogP contribution is 2.29. The zero-order chi connectivity index (χ0) is 18.1. The molecular weight excluding hydrogens is 334 g/mol. The van der Waals surface area contributed by atoms with Crippen molar-refractivity contribution in [3.8, 4) is 0 Å². The molecule has 4 heterocycles. The van der Waals surface area contributed by atoms with E-state index in [0.717, 1.165) is 18.9 Å². The van der Waals surface area contributed by atoms with Crippen LogP contribution in [0.3, 0.4) is 0 Å². The number of rotatable bonds is 5. The quantitative estimate of drug-likeness (QED) is 0.797. The van der Waals surface area contributed by atoms with Gasteiger partial charge in [-0.15, -0.1) is 10.2 Å². The van der Waals surface area contributed by atoms with Gasteiger partial charge in [0.25, 0.3) is 0 Å². The fraction of sp³-hybridized carbons (Fsp3) is 0.556. The normalized spacial score (nSPS) is 23.3. The second-order valence-corrected chi connectivity index (χ2v) is 7.07. The Hall–Kier alpha value is -2.48. The maximum Gasteiger partial charge on any atom is 0.242 e. The summed E-state index contributed by atoms with van der Waals surface area (Å²) in [5, 5.41) is 7.68. The van der Waals surface area contributed by atoms with Crippen LogP contribution in [0.2, 0.25) is 0 Å². The molecule has 0 unspecified atom stereocenters. The molecule has 1 amide bonds. The number of aryl methyl sites for hydroxylation is 1. The van der Waals surface area contributed by atoms with E-state index in [0.29, 0.717) is 37.4 Å². The van der Waals surface area contributed by atoms with Crippen LogP contribution in [0.25, 0.3) is 0 Å². The number of amides is 1. The molecule has 4 rings (SSSR count). The van der Waals surface area contributed by atoms with E-state index in [2.05, 4.69) is 27.0 Å². The van der Waals surface area contributed by atoms with Gasteiger partial charge in [-0.1, -0.05) is 13.0 Å². The van der Waals surface area contributed by atoms with Crippen molar-refractivity contribution in [1.82, 2.24) is 20.1 Å². The number of anilines is 1. The molecule has 8 heteroatoms. The fourth-order valence-corrected chi connectivity index (χ4v) is 3.56. The lowest BCUT2D eigenvalue weighted by Gasteiger charge is -2.40. The SMILES string of the molecule is Cc1nnc(COC2CN(C(=O)[C@@H]3CN(c4ccccn4)C[C@H]3C)C2)o1. The van der Waals surface area contributed by atoms with Crippen molar-refractivity contribution in [2.75, 3.05) is 31.1 Å². The van der Waals surface area contributed by atoms with Crippen molar-refractivity contribution in [3.63, 3.8) is 0 Å². The molecule has 0 radical (unpaired) electrons. The molecular formula is C18H23N5O3. The Morgan fingerprint density at radius 2 is 2.12 bits per heavy atom. The van der Waals surface area contributed by atoms with E-state index in [1.807, 2.05) is 23.1 Å². The van der Waals surface area contributed by atoms with Crippen LogP contribution < -0.4 is 4.90 Å². The van der Waals surface area contributed by atoms with Crippen molar-refractivity contribution in [1.29, 1.82) is 0 Å². The van der Waals surface area contributed by atoms with Gasteiger partial charge in [-0.25, -0.2) is 4.98 Å². The Balaban J connectivity index is 1.26. The molecule has 2 aromatic heterocycles. The molecule has 2 fully saturated rings. The number of carbonyl (C=O) groups is 1. The van der Waals surface area contributed by atoms with Crippen LogP contribution in [0, 0.1) is 18.8 Å². The lowest BCUT2D eigenvalue weighted by Crippen LogP contribution is -2.57. The second kappa shape index (κ2) is 7.03. The maximum atomic E-state index is 12.8. The van der Waals surface area contributed by atoms with E-state index >= 15 is 0 Å². The topological polar surface area (TPSA) is 84.6 Å². The summed E-state index contributed by atoms with van der Waals surface area (Å²) in [4.78, 5) is 21.3. The van der Waals surface area contributed by atoms with E-state index in [1.54, 1.807) is 13.1 Å². The summed E-state index contributed by atoms with van der Waals surface area (Å²) in [6, 6.07) is 5.87. The van der Waals surface area contributed by atoms with Crippen molar-refractivity contribution in [2.24, 2.45) is 11.8 Å². The maximum absolute atomic E-state index is 12.8. The summed E-state index contributed by atoms with van der Waals surface area (Å²) in [5.41, 5.74) is 0. The molecule has 0 aromatic carbocycles. The average Bonchev–Trinajstić information content (AvgIpc) is 3.20. The van der Waals surface area contributed by atoms with Crippen LogP contribution in [0.4, 0.5) is 5.82 Å². The summed E-state index contributed by atoms with van der Waals surface area (Å²) in [6.45, 7) is 7.00. The molecule has 0 spiro atoms. The number of hydrogen-bond donors (Lipinski definition) is 0. The summed E-state index contributed by atoms with van der Waals surface area (Å²) >= 11 is 0. The van der Waals surface area contributed by atoms with Crippen LogP contribution in [0.15, 0.2) is 28.8 Å². The van der Waals surface area contributed by atoms with Gasteiger partial charge in [-0.2, -0.15) is 0 Å². The molecule has 2 atom stereocenters. The predicted molar refractivity (Wildman–Crippen MR) is 93.3 cm³/mol. The van der Waals surface area contributed by atoms with Gasteiger partial charge in [0.05, 0.1) is 12.0 Å². The highest BCUT2D eigenvalue weighted by molar-refractivity contribution is 5.81. The molecule has 0 N–H and O–H groups in total. The lowest BCUT2D eigenvalue weighted by molar-refractivity contribution is -0.151. The molecule has 0 saturated carbocycles. The Morgan fingerprint density at radius 3 is 2.81 bits per heavy atom. The van der Waals surface area contributed by atoms with Gasteiger partial charge in [0.2, 0.25) is 17.7 Å². The molecule has 8 nitrogen and oxygen atoms in total. The first-order valence-electron chi connectivity index (χ1n) is 8.95. The predicted octanol–water partition coefficient (Wildman–Crippen LogP) is 1.27. The van der Waals surface area contributed by atoms with Crippen molar-refractivity contribution in [3.05, 3.63) is 36.2 Å². The first kappa shape index (κ1) is 17.0. The number of ether oxygens (including phenoxy) is 1. The first-order valence-corrected chi connectivity index (χ1v) is 8.95. The third-order valence-electron chi connectivity index (χ3n) is 5.07. The third-order valence-corrected chi connectivity index (χ3v) is 5.07. The van der Waals surface area contributed by atoms with Crippen LogP contribution in [0.1, 0.15) is 18.7 Å². The minimum atomic E-state index is 0.0107. The summed E-state index contributed by atoms with van der Waals surface area (Å²) < 4.78 is 11.0. The summed E-state index contributed by atoms with van der Waals surface area (Å²) in [6.07, 6.45) is 1.83. The van der Waals surface area contributed by atoms with E-state index in [9.17, 15) is 4.79 Å². The van der Waals surface area contributed by atoms with Gasteiger partial charge in [0.15, 0.2) is 0 Å². The number of likely N-dealkylation sites (tertiary alicyclic amines) is 1. The van der Waals surface area contributed by atoms with E-state index in [-0.39, 0.29) is 17.9 Å². The summed E-state index contributed by atoms with van der Waals surface area (Å²) in [5.74, 6) is 2.48. The second-order valence-electron chi connectivity index (χ2n) is 7.07. The smallest absolute Gasteiger partial charge is 0.242 e. The van der Waals surface area contributed by atoms with E-state index < -0.39 is 0 Å². The molecule has 2 aliphatic heterocycles. The van der Waals surface area contributed by atoms with Crippen LogP contribution in [0.5, 0.6) is 0 Å². The van der Waals surface area contributed by atoms with E-state index in [1.165, 1.54) is 0 Å². The third kappa shape index (κ3) is 3.41. The Labute approximate surface area is 152 Å². The largest absolute Gasteiger partial charge is 0.423 e.